The summed E-state index contributed by atoms with van der Waals surface area (Å²) >= 11 is 0. The van der Waals surface area contributed by atoms with Crippen LogP contribution in [0.5, 0.6) is 5.75 Å². The molecule has 1 aliphatic rings. The summed E-state index contributed by atoms with van der Waals surface area (Å²) in [5, 5.41) is 10.1. The van der Waals surface area contributed by atoms with Gasteiger partial charge < -0.3 is 24.5 Å². The van der Waals surface area contributed by atoms with Gasteiger partial charge in [0.05, 0.1) is 18.7 Å². The fraction of sp³-hybridized carbons (Fsp3) is 0.471. The molecule has 2 heterocycles. The van der Waals surface area contributed by atoms with Gasteiger partial charge in [-0.2, -0.15) is 0 Å². The molecule has 0 radical (unpaired) electrons. The van der Waals surface area contributed by atoms with Crippen molar-refractivity contribution in [1.29, 1.82) is 0 Å². The molecule has 124 valence electrons. The number of amides is 1. The molecule has 0 bridgehead atoms. The van der Waals surface area contributed by atoms with Crippen LogP contribution in [0.1, 0.15) is 12.5 Å². The number of benzene rings is 1. The van der Waals surface area contributed by atoms with Crippen molar-refractivity contribution >= 4 is 16.8 Å². The number of nitrogens with one attached hydrogen (secondary N) is 1. The number of H-pyrrole nitrogens is 1. The molecule has 3 rings (SSSR count). The van der Waals surface area contributed by atoms with Gasteiger partial charge in [0.1, 0.15) is 5.75 Å². The fourth-order valence-corrected chi connectivity index (χ4v) is 2.89. The Labute approximate surface area is 135 Å². The summed E-state index contributed by atoms with van der Waals surface area (Å²) in [4.78, 5) is 17.4. The number of morpholine rings is 1. The molecule has 1 amide bonds. The highest BCUT2D eigenvalue weighted by Crippen LogP contribution is 2.28. The smallest absolute Gasteiger partial charge is 0.263 e. The Hall–Kier alpha value is -2.05. The van der Waals surface area contributed by atoms with Crippen LogP contribution in [0.3, 0.4) is 0 Å². The van der Waals surface area contributed by atoms with Crippen molar-refractivity contribution in [2.75, 3.05) is 32.9 Å². The summed E-state index contributed by atoms with van der Waals surface area (Å²) in [5.41, 5.74) is 1.90. The molecule has 0 aliphatic carbocycles. The van der Waals surface area contributed by atoms with Gasteiger partial charge in [-0.1, -0.05) is 12.1 Å². The zero-order chi connectivity index (χ0) is 16.2. The standard InChI is InChI=1S/C17H22N2O4/c1-12(17(21)19-6-9-22-10-7-19)23-15-4-2-3-14-13(5-8-20)11-18-16(14)15/h2-4,11-12,18,20H,5-10H2,1H3/t12-/m1/s1. The second-order valence-electron chi connectivity index (χ2n) is 5.66. The number of fused-ring (bicyclic) bond motifs is 1. The van der Waals surface area contributed by atoms with Crippen molar-refractivity contribution in [3.8, 4) is 5.75 Å². The van der Waals surface area contributed by atoms with E-state index < -0.39 is 6.10 Å². The highest BCUT2D eigenvalue weighted by molar-refractivity contribution is 5.89. The number of ether oxygens (including phenoxy) is 2. The summed E-state index contributed by atoms with van der Waals surface area (Å²) in [6, 6.07) is 5.74. The van der Waals surface area contributed by atoms with Gasteiger partial charge in [-0.05, 0) is 25.0 Å². The molecule has 2 N–H and O–H groups in total. The van der Waals surface area contributed by atoms with Crippen LogP contribution < -0.4 is 4.74 Å². The molecule has 1 atom stereocenters. The van der Waals surface area contributed by atoms with Gasteiger partial charge in [0.25, 0.3) is 5.91 Å². The lowest BCUT2D eigenvalue weighted by Gasteiger charge is -2.29. The van der Waals surface area contributed by atoms with E-state index in [4.69, 9.17) is 14.6 Å². The molecule has 1 aromatic carbocycles. The summed E-state index contributed by atoms with van der Waals surface area (Å²) in [6.45, 7) is 4.25. The first-order valence-electron chi connectivity index (χ1n) is 7.93. The maximum absolute atomic E-state index is 12.4. The largest absolute Gasteiger partial charge is 0.479 e. The molecule has 0 saturated carbocycles. The average molecular weight is 318 g/mol. The number of carbonyl (C=O) groups is 1. The number of aliphatic hydroxyl groups is 1. The molecule has 1 saturated heterocycles. The summed E-state index contributed by atoms with van der Waals surface area (Å²) < 4.78 is 11.2. The third-order valence-electron chi connectivity index (χ3n) is 4.12. The number of para-hydroxylation sites is 1. The van der Waals surface area contributed by atoms with Crippen LogP contribution in [0.4, 0.5) is 0 Å². The zero-order valence-electron chi connectivity index (χ0n) is 13.2. The second-order valence-corrected chi connectivity index (χ2v) is 5.66. The Morgan fingerprint density at radius 2 is 2.22 bits per heavy atom. The van der Waals surface area contributed by atoms with E-state index in [9.17, 15) is 4.79 Å². The average Bonchev–Trinajstić information content (AvgIpc) is 2.99. The molecule has 1 aliphatic heterocycles. The molecular weight excluding hydrogens is 296 g/mol. The van der Waals surface area contributed by atoms with Crippen LogP contribution >= 0.6 is 0 Å². The quantitative estimate of drug-likeness (QED) is 0.872. The maximum Gasteiger partial charge on any atom is 0.263 e. The van der Waals surface area contributed by atoms with E-state index in [0.717, 1.165) is 16.5 Å². The topological polar surface area (TPSA) is 74.8 Å². The van der Waals surface area contributed by atoms with E-state index in [1.165, 1.54) is 0 Å². The Morgan fingerprint density at radius 1 is 1.43 bits per heavy atom. The van der Waals surface area contributed by atoms with E-state index in [-0.39, 0.29) is 12.5 Å². The van der Waals surface area contributed by atoms with Crippen LogP contribution in [-0.2, 0) is 16.0 Å². The Bertz CT molecular complexity index is 676. The van der Waals surface area contributed by atoms with Gasteiger partial charge in [0.15, 0.2) is 6.10 Å². The molecular formula is C17H22N2O4. The second kappa shape index (κ2) is 7.02. The van der Waals surface area contributed by atoms with Gasteiger partial charge in [-0.15, -0.1) is 0 Å². The number of aromatic nitrogens is 1. The van der Waals surface area contributed by atoms with E-state index in [0.29, 0.717) is 38.5 Å². The molecule has 6 heteroatoms. The van der Waals surface area contributed by atoms with E-state index in [1.807, 2.05) is 24.4 Å². The number of aromatic amines is 1. The van der Waals surface area contributed by atoms with Crippen LogP contribution in [0.25, 0.3) is 10.9 Å². The third kappa shape index (κ3) is 3.33. The Balaban J connectivity index is 1.76. The third-order valence-corrected chi connectivity index (χ3v) is 4.12. The Kier molecular flexibility index (Phi) is 4.83. The number of hydrogen-bond acceptors (Lipinski definition) is 4. The van der Waals surface area contributed by atoms with Gasteiger partial charge in [-0.25, -0.2) is 0 Å². The normalized spacial score (nSPS) is 16.5. The Morgan fingerprint density at radius 3 is 2.96 bits per heavy atom. The fourth-order valence-electron chi connectivity index (χ4n) is 2.89. The van der Waals surface area contributed by atoms with Crippen molar-refractivity contribution < 1.29 is 19.4 Å². The monoisotopic (exact) mass is 318 g/mol. The van der Waals surface area contributed by atoms with Crippen molar-refractivity contribution in [3.63, 3.8) is 0 Å². The first-order chi connectivity index (χ1) is 11.2. The van der Waals surface area contributed by atoms with E-state index in [1.54, 1.807) is 11.8 Å². The van der Waals surface area contributed by atoms with Crippen molar-refractivity contribution in [3.05, 3.63) is 30.0 Å². The van der Waals surface area contributed by atoms with Crippen molar-refractivity contribution in [1.82, 2.24) is 9.88 Å². The lowest BCUT2D eigenvalue weighted by Crippen LogP contribution is -2.46. The minimum atomic E-state index is -0.553. The molecule has 0 unspecified atom stereocenters. The number of rotatable bonds is 5. The van der Waals surface area contributed by atoms with Crippen LogP contribution in [-0.4, -0.2) is 59.9 Å². The SMILES string of the molecule is C[C@@H](Oc1cccc2c(CCO)c[nH]c12)C(=O)N1CCOCC1. The minimum absolute atomic E-state index is 0.0209. The van der Waals surface area contributed by atoms with E-state index in [2.05, 4.69) is 4.98 Å². The van der Waals surface area contributed by atoms with Crippen LogP contribution in [0.15, 0.2) is 24.4 Å². The van der Waals surface area contributed by atoms with Gasteiger partial charge in [-0.3, -0.25) is 4.79 Å². The maximum atomic E-state index is 12.4. The molecule has 1 aromatic heterocycles. The van der Waals surface area contributed by atoms with Gasteiger partial charge >= 0.3 is 0 Å². The van der Waals surface area contributed by atoms with Crippen molar-refractivity contribution in [2.45, 2.75) is 19.4 Å². The van der Waals surface area contributed by atoms with Crippen LogP contribution in [0.2, 0.25) is 0 Å². The number of nitrogens with zero attached hydrogens (tertiary/aromatic N) is 1. The molecule has 6 nitrogen and oxygen atoms in total. The first kappa shape index (κ1) is 15.8. The molecule has 23 heavy (non-hydrogen) atoms. The van der Waals surface area contributed by atoms with Crippen LogP contribution in [0, 0.1) is 0 Å². The molecule has 2 aromatic rings. The van der Waals surface area contributed by atoms with E-state index >= 15 is 0 Å². The zero-order valence-corrected chi connectivity index (χ0v) is 13.2. The number of aliphatic hydroxyl groups excluding tert-OH is 1. The number of hydrogen-bond donors (Lipinski definition) is 2. The summed E-state index contributed by atoms with van der Waals surface area (Å²) in [6.07, 6.45) is 1.91. The lowest BCUT2D eigenvalue weighted by molar-refractivity contribution is -0.142. The number of carbonyl (C=O) groups excluding carboxylic acids is 1. The predicted molar refractivity (Wildman–Crippen MR) is 86.6 cm³/mol. The highest BCUT2D eigenvalue weighted by atomic mass is 16.5. The summed E-state index contributed by atoms with van der Waals surface area (Å²) in [7, 11) is 0. The molecule has 0 spiro atoms. The van der Waals surface area contributed by atoms with Gasteiger partial charge in [0.2, 0.25) is 0 Å². The highest BCUT2D eigenvalue weighted by Gasteiger charge is 2.24. The van der Waals surface area contributed by atoms with Gasteiger partial charge in [0, 0.05) is 31.3 Å². The summed E-state index contributed by atoms with van der Waals surface area (Å²) in [5.74, 6) is 0.633. The minimum Gasteiger partial charge on any atom is -0.479 e. The lowest BCUT2D eigenvalue weighted by atomic mass is 10.1. The predicted octanol–water partition coefficient (Wildman–Crippen LogP) is 1.33. The molecule has 1 fully saturated rings. The first-order valence-corrected chi connectivity index (χ1v) is 7.93. The van der Waals surface area contributed by atoms with Crippen molar-refractivity contribution in [2.24, 2.45) is 0 Å².